The molecule has 3 aromatic rings. The van der Waals surface area contributed by atoms with Gasteiger partial charge in [0.25, 0.3) is 5.91 Å². The number of amidine groups is 1. The van der Waals surface area contributed by atoms with Crippen LogP contribution in [0.1, 0.15) is 11.1 Å². The summed E-state index contributed by atoms with van der Waals surface area (Å²) in [7, 11) is 0. The number of para-hydroxylation sites is 1. The maximum absolute atomic E-state index is 13.3. The molecule has 5 rings (SSSR count). The van der Waals surface area contributed by atoms with Crippen LogP contribution in [0.2, 0.25) is 0 Å². The zero-order valence-electron chi connectivity index (χ0n) is 15.2. The van der Waals surface area contributed by atoms with Gasteiger partial charge in [-0.05, 0) is 48.0 Å². The van der Waals surface area contributed by atoms with Gasteiger partial charge in [-0.3, -0.25) is 9.69 Å². The molecule has 0 N–H and O–H groups in total. The van der Waals surface area contributed by atoms with Crippen LogP contribution in [-0.2, 0) is 4.79 Å². The first-order valence-corrected chi connectivity index (χ1v) is 9.84. The summed E-state index contributed by atoms with van der Waals surface area (Å²) in [4.78, 5) is 19.6. The van der Waals surface area contributed by atoms with Crippen molar-refractivity contribution in [3.63, 3.8) is 0 Å². The highest BCUT2D eigenvalue weighted by Crippen LogP contribution is 2.34. The standard InChI is InChI=1S/C23H15BrN2O3/c24-17-9-7-16(8-10-17)22-25-19(23(27)26(22)18-4-2-1-3-5-18)12-15-6-11-20-21(13-15)29-14-28-20/h1-13H,14H2. The minimum Gasteiger partial charge on any atom is -0.454 e. The maximum atomic E-state index is 13.3. The van der Waals surface area contributed by atoms with Gasteiger partial charge < -0.3 is 9.47 Å². The zero-order chi connectivity index (χ0) is 19.8. The van der Waals surface area contributed by atoms with Gasteiger partial charge in [0.05, 0.1) is 5.69 Å². The Kier molecular flexibility index (Phi) is 4.41. The second-order valence-electron chi connectivity index (χ2n) is 6.56. The number of hydrogen-bond donors (Lipinski definition) is 0. The molecule has 3 aromatic carbocycles. The number of ether oxygens (including phenoxy) is 2. The molecule has 2 aliphatic rings. The number of carbonyl (C=O) groups is 1. The van der Waals surface area contributed by atoms with Crippen molar-refractivity contribution >= 4 is 39.4 Å². The number of anilines is 1. The molecule has 0 atom stereocenters. The van der Waals surface area contributed by atoms with Gasteiger partial charge in [0.2, 0.25) is 6.79 Å². The van der Waals surface area contributed by atoms with Crippen LogP contribution in [-0.4, -0.2) is 18.5 Å². The highest BCUT2D eigenvalue weighted by molar-refractivity contribution is 9.10. The van der Waals surface area contributed by atoms with Gasteiger partial charge >= 0.3 is 0 Å². The van der Waals surface area contributed by atoms with Crippen LogP contribution < -0.4 is 14.4 Å². The molecule has 0 saturated carbocycles. The summed E-state index contributed by atoms with van der Waals surface area (Å²) in [5.74, 6) is 1.80. The zero-order valence-corrected chi connectivity index (χ0v) is 16.8. The van der Waals surface area contributed by atoms with Crippen LogP contribution >= 0.6 is 15.9 Å². The Morgan fingerprint density at radius 1 is 0.931 bits per heavy atom. The minimum absolute atomic E-state index is 0.174. The van der Waals surface area contributed by atoms with E-state index in [1.165, 1.54) is 0 Å². The smallest absolute Gasteiger partial charge is 0.282 e. The monoisotopic (exact) mass is 446 g/mol. The van der Waals surface area contributed by atoms with Crippen molar-refractivity contribution in [3.05, 3.63) is 94.1 Å². The Labute approximate surface area is 176 Å². The average Bonchev–Trinajstić information content (AvgIpc) is 3.34. The van der Waals surface area contributed by atoms with E-state index in [1.807, 2.05) is 72.8 Å². The second-order valence-corrected chi connectivity index (χ2v) is 7.48. The topological polar surface area (TPSA) is 51.1 Å². The third-order valence-corrected chi connectivity index (χ3v) is 5.21. The lowest BCUT2D eigenvalue weighted by Crippen LogP contribution is -2.32. The van der Waals surface area contributed by atoms with E-state index in [9.17, 15) is 4.79 Å². The van der Waals surface area contributed by atoms with E-state index in [2.05, 4.69) is 20.9 Å². The van der Waals surface area contributed by atoms with Gasteiger partial charge in [0.15, 0.2) is 11.5 Å². The first-order chi connectivity index (χ1) is 14.2. The van der Waals surface area contributed by atoms with Crippen molar-refractivity contribution in [2.45, 2.75) is 0 Å². The van der Waals surface area contributed by atoms with E-state index in [4.69, 9.17) is 9.47 Å². The summed E-state index contributed by atoms with van der Waals surface area (Å²) < 4.78 is 11.8. The molecule has 142 valence electrons. The van der Waals surface area contributed by atoms with E-state index in [1.54, 1.807) is 11.0 Å². The molecule has 0 aliphatic carbocycles. The quantitative estimate of drug-likeness (QED) is 0.531. The fraction of sp³-hybridized carbons (Fsp3) is 0.0435. The maximum Gasteiger partial charge on any atom is 0.282 e. The third-order valence-electron chi connectivity index (χ3n) is 4.68. The molecule has 2 heterocycles. The molecule has 2 aliphatic heterocycles. The summed E-state index contributed by atoms with van der Waals surface area (Å²) in [6.45, 7) is 0.210. The van der Waals surface area contributed by atoms with Gasteiger partial charge in [-0.2, -0.15) is 0 Å². The van der Waals surface area contributed by atoms with E-state index >= 15 is 0 Å². The van der Waals surface area contributed by atoms with Crippen molar-refractivity contribution in [2.24, 2.45) is 4.99 Å². The number of aliphatic imine (C=N–C) groups is 1. The number of halogens is 1. The minimum atomic E-state index is -0.174. The Morgan fingerprint density at radius 3 is 2.48 bits per heavy atom. The van der Waals surface area contributed by atoms with Gasteiger partial charge in [0, 0.05) is 10.0 Å². The van der Waals surface area contributed by atoms with E-state index < -0.39 is 0 Å². The molecule has 0 unspecified atom stereocenters. The highest BCUT2D eigenvalue weighted by Gasteiger charge is 2.32. The SMILES string of the molecule is O=C1C(=Cc2ccc3c(c2)OCO3)N=C(c2ccc(Br)cc2)N1c1ccccc1. The van der Waals surface area contributed by atoms with Crippen LogP contribution in [0.15, 0.2) is 88.0 Å². The van der Waals surface area contributed by atoms with Gasteiger partial charge in [-0.15, -0.1) is 0 Å². The lowest BCUT2D eigenvalue weighted by atomic mass is 10.1. The summed E-state index contributed by atoms with van der Waals surface area (Å²) in [5.41, 5.74) is 2.82. The number of fused-ring (bicyclic) bond motifs is 1. The predicted molar refractivity (Wildman–Crippen MR) is 115 cm³/mol. The van der Waals surface area contributed by atoms with Crippen LogP contribution in [0.25, 0.3) is 6.08 Å². The van der Waals surface area contributed by atoms with Crippen molar-refractivity contribution < 1.29 is 14.3 Å². The number of amides is 1. The fourth-order valence-electron chi connectivity index (χ4n) is 3.29. The van der Waals surface area contributed by atoms with Crippen LogP contribution in [0, 0.1) is 0 Å². The largest absolute Gasteiger partial charge is 0.454 e. The van der Waals surface area contributed by atoms with Crippen molar-refractivity contribution in [1.82, 2.24) is 0 Å². The Morgan fingerprint density at radius 2 is 1.69 bits per heavy atom. The van der Waals surface area contributed by atoms with Crippen LogP contribution in [0.3, 0.4) is 0 Å². The molecule has 29 heavy (non-hydrogen) atoms. The predicted octanol–water partition coefficient (Wildman–Crippen LogP) is 5.01. The molecular formula is C23H15BrN2O3. The van der Waals surface area contributed by atoms with Gasteiger partial charge in [-0.1, -0.05) is 52.3 Å². The summed E-state index contributed by atoms with van der Waals surface area (Å²) in [6.07, 6.45) is 1.77. The molecular weight excluding hydrogens is 432 g/mol. The number of nitrogens with zero attached hydrogens (tertiary/aromatic N) is 2. The molecule has 5 nitrogen and oxygen atoms in total. The summed E-state index contributed by atoms with van der Waals surface area (Å²) in [6, 6.07) is 22.8. The number of hydrogen-bond acceptors (Lipinski definition) is 4. The lowest BCUT2D eigenvalue weighted by Gasteiger charge is -2.18. The van der Waals surface area contributed by atoms with Gasteiger partial charge in [0.1, 0.15) is 11.5 Å². The third kappa shape index (κ3) is 3.32. The van der Waals surface area contributed by atoms with Gasteiger partial charge in [-0.25, -0.2) is 4.99 Å². The Bertz CT molecular complexity index is 1150. The van der Waals surface area contributed by atoms with E-state index in [0.29, 0.717) is 23.0 Å². The molecule has 0 bridgehead atoms. The molecule has 0 aromatic heterocycles. The summed E-state index contributed by atoms with van der Waals surface area (Å²) in [5, 5.41) is 0. The molecule has 0 saturated heterocycles. The Hall–Kier alpha value is -3.38. The second kappa shape index (κ2) is 7.22. The average molecular weight is 447 g/mol. The summed E-state index contributed by atoms with van der Waals surface area (Å²) >= 11 is 3.45. The number of rotatable bonds is 3. The first-order valence-electron chi connectivity index (χ1n) is 9.04. The Balaban J connectivity index is 1.59. The van der Waals surface area contributed by atoms with Crippen LogP contribution in [0.4, 0.5) is 5.69 Å². The van der Waals surface area contributed by atoms with E-state index in [0.717, 1.165) is 21.3 Å². The molecule has 1 amide bonds. The van der Waals surface area contributed by atoms with Crippen molar-refractivity contribution in [2.75, 3.05) is 11.7 Å². The van der Waals surface area contributed by atoms with Crippen molar-refractivity contribution in [1.29, 1.82) is 0 Å². The van der Waals surface area contributed by atoms with Crippen LogP contribution in [0.5, 0.6) is 11.5 Å². The fourth-order valence-corrected chi connectivity index (χ4v) is 3.55. The normalized spacial score (nSPS) is 16.4. The number of carbonyl (C=O) groups excluding carboxylic acids is 1. The molecule has 6 heteroatoms. The highest BCUT2D eigenvalue weighted by atomic mass is 79.9. The molecule has 0 radical (unpaired) electrons. The lowest BCUT2D eigenvalue weighted by molar-refractivity contribution is -0.113. The molecule has 0 fully saturated rings. The van der Waals surface area contributed by atoms with Crippen molar-refractivity contribution in [3.8, 4) is 11.5 Å². The first kappa shape index (κ1) is 17.7. The van der Waals surface area contributed by atoms with E-state index in [-0.39, 0.29) is 12.7 Å². The number of benzene rings is 3. The molecule has 0 spiro atoms.